The molecule has 4 heteroatoms. The first-order valence-electron chi connectivity index (χ1n) is 6.24. The lowest BCUT2D eigenvalue weighted by Gasteiger charge is -2.15. The van der Waals surface area contributed by atoms with Gasteiger partial charge >= 0.3 is 0 Å². The highest BCUT2D eigenvalue weighted by atomic mass is 79.9. The first-order valence-corrected chi connectivity index (χ1v) is 7.04. The Morgan fingerprint density at radius 3 is 2.39 bits per heavy atom. The van der Waals surface area contributed by atoms with Gasteiger partial charge in [-0.1, -0.05) is 28.1 Å². The van der Waals surface area contributed by atoms with Crippen molar-refractivity contribution < 1.29 is 4.79 Å². The molecule has 0 aliphatic rings. The summed E-state index contributed by atoms with van der Waals surface area (Å²) in [4.78, 5) is 11.5. The molecule has 18 heavy (non-hydrogen) atoms. The maximum absolute atomic E-state index is 11.5. The van der Waals surface area contributed by atoms with E-state index in [2.05, 4.69) is 45.6 Å². The number of carbonyl (C=O) groups excluding carboxylic acids is 1. The maximum atomic E-state index is 11.5. The van der Waals surface area contributed by atoms with Gasteiger partial charge < -0.3 is 10.6 Å². The molecule has 0 spiro atoms. The zero-order valence-electron chi connectivity index (χ0n) is 11.2. The van der Waals surface area contributed by atoms with Crippen LogP contribution in [0.1, 0.15) is 26.3 Å². The van der Waals surface area contributed by atoms with Crippen LogP contribution in [0.5, 0.6) is 0 Å². The van der Waals surface area contributed by atoms with Gasteiger partial charge in [-0.25, -0.2) is 0 Å². The van der Waals surface area contributed by atoms with E-state index < -0.39 is 0 Å². The van der Waals surface area contributed by atoms with Crippen LogP contribution in [-0.4, -0.2) is 24.5 Å². The van der Waals surface area contributed by atoms with E-state index in [4.69, 9.17) is 0 Å². The van der Waals surface area contributed by atoms with Crippen molar-refractivity contribution >= 4 is 21.8 Å². The van der Waals surface area contributed by atoms with Gasteiger partial charge in [-0.05, 0) is 44.9 Å². The SMILES string of the molecule is CC(C)NC(=O)CNC(C)Cc1ccc(Br)cc1. The first kappa shape index (κ1) is 15.2. The van der Waals surface area contributed by atoms with Crippen molar-refractivity contribution in [2.24, 2.45) is 0 Å². The lowest BCUT2D eigenvalue weighted by Crippen LogP contribution is -2.41. The molecule has 1 unspecified atom stereocenters. The van der Waals surface area contributed by atoms with Crippen molar-refractivity contribution in [3.63, 3.8) is 0 Å². The van der Waals surface area contributed by atoms with E-state index in [0.29, 0.717) is 6.54 Å². The topological polar surface area (TPSA) is 41.1 Å². The van der Waals surface area contributed by atoms with E-state index in [9.17, 15) is 4.79 Å². The average molecular weight is 313 g/mol. The minimum Gasteiger partial charge on any atom is -0.353 e. The van der Waals surface area contributed by atoms with Gasteiger partial charge in [0, 0.05) is 16.6 Å². The van der Waals surface area contributed by atoms with E-state index in [0.717, 1.165) is 10.9 Å². The molecule has 1 amide bonds. The molecule has 0 aromatic heterocycles. The van der Waals surface area contributed by atoms with Gasteiger partial charge in [-0.3, -0.25) is 4.79 Å². The molecule has 1 aromatic carbocycles. The molecule has 0 radical (unpaired) electrons. The van der Waals surface area contributed by atoms with Crippen LogP contribution in [-0.2, 0) is 11.2 Å². The zero-order valence-corrected chi connectivity index (χ0v) is 12.8. The molecule has 0 aliphatic carbocycles. The third-order valence-corrected chi connectivity index (χ3v) is 3.04. The highest BCUT2D eigenvalue weighted by Gasteiger charge is 2.07. The van der Waals surface area contributed by atoms with Crippen LogP contribution < -0.4 is 10.6 Å². The summed E-state index contributed by atoms with van der Waals surface area (Å²) in [6.45, 7) is 6.38. The molecule has 0 saturated heterocycles. The predicted molar refractivity (Wildman–Crippen MR) is 78.6 cm³/mol. The second-order valence-corrected chi connectivity index (χ2v) is 5.75. The summed E-state index contributed by atoms with van der Waals surface area (Å²) in [5, 5.41) is 6.09. The predicted octanol–water partition coefficient (Wildman–Crippen LogP) is 2.49. The first-order chi connectivity index (χ1) is 8.47. The molecule has 0 bridgehead atoms. The fourth-order valence-corrected chi connectivity index (χ4v) is 1.95. The molecule has 0 saturated carbocycles. The number of benzene rings is 1. The van der Waals surface area contributed by atoms with Crippen molar-refractivity contribution in [2.75, 3.05) is 6.54 Å². The largest absolute Gasteiger partial charge is 0.353 e. The van der Waals surface area contributed by atoms with Crippen LogP contribution in [0.4, 0.5) is 0 Å². The van der Waals surface area contributed by atoms with Crippen LogP contribution in [0.3, 0.4) is 0 Å². The summed E-state index contributed by atoms with van der Waals surface area (Å²) < 4.78 is 1.09. The van der Waals surface area contributed by atoms with Crippen molar-refractivity contribution in [1.29, 1.82) is 0 Å². The van der Waals surface area contributed by atoms with Crippen molar-refractivity contribution in [1.82, 2.24) is 10.6 Å². The van der Waals surface area contributed by atoms with E-state index in [1.165, 1.54) is 5.56 Å². The number of carbonyl (C=O) groups is 1. The minimum absolute atomic E-state index is 0.0488. The normalized spacial score (nSPS) is 12.5. The summed E-state index contributed by atoms with van der Waals surface area (Å²) in [5.74, 6) is 0.0488. The van der Waals surface area contributed by atoms with Crippen LogP contribution in [0.25, 0.3) is 0 Å². The molecule has 2 N–H and O–H groups in total. The molecule has 0 aliphatic heterocycles. The van der Waals surface area contributed by atoms with Gasteiger partial charge in [-0.15, -0.1) is 0 Å². The summed E-state index contributed by atoms with van der Waals surface area (Å²) in [6.07, 6.45) is 0.919. The van der Waals surface area contributed by atoms with Gasteiger partial charge in [-0.2, -0.15) is 0 Å². The van der Waals surface area contributed by atoms with E-state index in [1.807, 2.05) is 26.0 Å². The van der Waals surface area contributed by atoms with Gasteiger partial charge in [0.2, 0.25) is 5.91 Å². The van der Waals surface area contributed by atoms with Crippen LogP contribution in [0.2, 0.25) is 0 Å². The molecule has 1 rings (SSSR count). The Morgan fingerprint density at radius 2 is 1.83 bits per heavy atom. The Kier molecular flexibility index (Phi) is 6.36. The summed E-state index contributed by atoms with van der Waals surface area (Å²) in [5.41, 5.74) is 1.27. The van der Waals surface area contributed by atoms with Crippen molar-refractivity contribution in [3.05, 3.63) is 34.3 Å². The number of halogens is 1. The van der Waals surface area contributed by atoms with Crippen LogP contribution in [0.15, 0.2) is 28.7 Å². The van der Waals surface area contributed by atoms with Gasteiger partial charge in [0.05, 0.1) is 6.54 Å². The van der Waals surface area contributed by atoms with Crippen molar-refractivity contribution in [2.45, 2.75) is 39.3 Å². The summed E-state index contributed by atoms with van der Waals surface area (Å²) in [7, 11) is 0. The van der Waals surface area contributed by atoms with Gasteiger partial charge in [0.15, 0.2) is 0 Å². The molecular formula is C14H21BrN2O. The minimum atomic E-state index is 0.0488. The third-order valence-electron chi connectivity index (χ3n) is 2.52. The Bertz CT molecular complexity index is 376. The quantitative estimate of drug-likeness (QED) is 0.847. The highest BCUT2D eigenvalue weighted by molar-refractivity contribution is 9.10. The second-order valence-electron chi connectivity index (χ2n) is 4.83. The number of nitrogens with one attached hydrogen (secondary N) is 2. The molecular weight excluding hydrogens is 292 g/mol. The van der Waals surface area contributed by atoms with Crippen molar-refractivity contribution in [3.8, 4) is 0 Å². The zero-order chi connectivity index (χ0) is 13.5. The summed E-state index contributed by atoms with van der Waals surface area (Å²) in [6, 6.07) is 8.73. The van der Waals surface area contributed by atoms with Crippen LogP contribution in [0, 0.1) is 0 Å². The molecule has 0 heterocycles. The Hall–Kier alpha value is -0.870. The van der Waals surface area contributed by atoms with E-state index >= 15 is 0 Å². The third kappa shape index (κ3) is 6.17. The molecule has 3 nitrogen and oxygen atoms in total. The lowest BCUT2D eigenvalue weighted by molar-refractivity contribution is -0.120. The molecule has 1 atom stereocenters. The maximum Gasteiger partial charge on any atom is 0.234 e. The lowest BCUT2D eigenvalue weighted by atomic mass is 10.1. The Labute approximate surface area is 117 Å². The highest BCUT2D eigenvalue weighted by Crippen LogP contribution is 2.11. The average Bonchev–Trinajstić information content (AvgIpc) is 2.29. The number of hydrogen-bond donors (Lipinski definition) is 2. The van der Waals surface area contributed by atoms with Gasteiger partial charge in [0.1, 0.15) is 0 Å². The second kappa shape index (κ2) is 7.54. The smallest absolute Gasteiger partial charge is 0.234 e. The molecule has 1 aromatic rings. The van der Waals surface area contributed by atoms with E-state index in [-0.39, 0.29) is 18.0 Å². The fraction of sp³-hybridized carbons (Fsp3) is 0.500. The molecule has 0 fully saturated rings. The van der Waals surface area contributed by atoms with Gasteiger partial charge in [0.25, 0.3) is 0 Å². The standard InChI is InChI=1S/C14H21BrN2O/c1-10(2)17-14(18)9-16-11(3)8-12-4-6-13(15)7-5-12/h4-7,10-11,16H,8-9H2,1-3H3,(H,17,18). The fourth-order valence-electron chi connectivity index (χ4n) is 1.69. The number of hydrogen-bond acceptors (Lipinski definition) is 2. The van der Waals surface area contributed by atoms with Crippen LogP contribution >= 0.6 is 15.9 Å². The molecule has 100 valence electrons. The monoisotopic (exact) mass is 312 g/mol. The Morgan fingerprint density at radius 1 is 1.22 bits per heavy atom. The summed E-state index contributed by atoms with van der Waals surface area (Å²) >= 11 is 3.42. The number of rotatable bonds is 6. The number of amides is 1. The van der Waals surface area contributed by atoms with E-state index in [1.54, 1.807) is 0 Å². The Balaban J connectivity index is 2.31.